The first kappa shape index (κ1) is 19.4. The molecule has 1 amide bonds. The van der Waals surface area contributed by atoms with Gasteiger partial charge in [0.1, 0.15) is 22.2 Å². The molecule has 148 valence electrons. The minimum Gasteiger partial charge on any atom is -0.438 e. The number of thiophene rings is 1. The molecule has 3 aromatic rings. The number of carbonyl (C=O) groups excluding carboxylic acids is 1. The number of benzene rings is 1. The van der Waals surface area contributed by atoms with Gasteiger partial charge in [-0.2, -0.15) is 5.26 Å². The maximum atomic E-state index is 12.9. The van der Waals surface area contributed by atoms with Crippen LogP contribution in [-0.4, -0.2) is 5.91 Å². The zero-order valence-corrected chi connectivity index (χ0v) is 17.6. The zero-order valence-electron chi connectivity index (χ0n) is 16.8. The van der Waals surface area contributed by atoms with Crippen LogP contribution in [0, 0.1) is 28.1 Å². The minimum absolute atomic E-state index is 0.159. The third kappa shape index (κ3) is 3.58. The van der Waals surface area contributed by atoms with Crippen molar-refractivity contribution in [1.82, 2.24) is 0 Å². The molecule has 5 nitrogen and oxygen atoms in total. The van der Waals surface area contributed by atoms with Crippen LogP contribution in [0.2, 0.25) is 0 Å². The van der Waals surface area contributed by atoms with Crippen LogP contribution in [0.1, 0.15) is 53.6 Å². The Hall–Kier alpha value is -2.91. The Balaban J connectivity index is 1.66. The van der Waals surface area contributed by atoms with Crippen LogP contribution in [0.3, 0.4) is 0 Å². The van der Waals surface area contributed by atoms with E-state index in [0.29, 0.717) is 22.1 Å². The average molecular weight is 406 g/mol. The van der Waals surface area contributed by atoms with Gasteiger partial charge in [0.05, 0.1) is 5.56 Å². The van der Waals surface area contributed by atoms with Gasteiger partial charge >= 0.3 is 0 Å². The average Bonchev–Trinajstić information content (AvgIpc) is 3.02. The molecular formula is C23H23N3O2S. The lowest BCUT2D eigenvalue weighted by Crippen LogP contribution is -2.26. The Kier molecular flexibility index (Phi) is 4.79. The Bertz CT molecular complexity index is 1210. The van der Waals surface area contributed by atoms with Crippen LogP contribution < -0.4 is 10.9 Å². The summed E-state index contributed by atoms with van der Waals surface area (Å²) >= 11 is 1.49. The summed E-state index contributed by atoms with van der Waals surface area (Å²) in [6.07, 6.45) is 2.85. The van der Waals surface area contributed by atoms with Crippen LogP contribution in [-0.2, 0) is 12.8 Å². The topological polar surface area (TPSA) is 89.9 Å². The van der Waals surface area contributed by atoms with E-state index in [1.54, 1.807) is 12.1 Å². The van der Waals surface area contributed by atoms with Crippen molar-refractivity contribution < 1.29 is 9.21 Å². The van der Waals surface area contributed by atoms with Crippen molar-refractivity contribution in [2.75, 3.05) is 5.32 Å². The number of nitrogens with zero attached hydrogens (tertiary/aromatic N) is 1. The van der Waals surface area contributed by atoms with Crippen molar-refractivity contribution >= 4 is 33.2 Å². The molecule has 0 spiro atoms. The van der Waals surface area contributed by atoms with E-state index in [-0.39, 0.29) is 16.5 Å². The summed E-state index contributed by atoms with van der Waals surface area (Å²) in [4.78, 5) is 14.1. The maximum Gasteiger partial charge on any atom is 0.261 e. The number of anilines is 1. The summed E-state index contributed by atoms with van der Waals surface area (Å²) in [5.74, 6) is 0.134. The molecule has 1 atom stereocenters. The number of amides is 1. The highest BCUT2D eigenvalue weighted by atomic mass is 32.1. The van der Waals surface area contributed by atoms with Crippen LogP contribution >= 0.6 is 11.3 Å². The summed E-state index contributed by atoms with van der Waals surface area (Å²) in [6, 6.07) is 11.2. The van der Waals surface area contributed by atoms with Crippen molar-refractivity contribution in [2.24, 2.45) is 11.3 Å². The Morgan fingerprint density at radius 3 is 2.83 bits per heavy atom. The fraction of sp³-hybridized carbons (Fsp3) is 0.348. The van der Waals surface area contributed by atoms with Crippen molar-refractivity contribution in [3.63, 3.8) is 0 Å². The molecule has 0 saturated carbocycles. The van der Waals surface area contributed by atoms with Crippen LogP contribution in [0.4, 0.5) is 5.00 Å². The van der Waals surface area contributed by atoms with Gasteiger partial charge < -0.3 is 9.73 Å². The van der Waals surface area contributed by atoms with E-state index in [1.165, 1.54) is 16.2 Å². The summed E-state index contributed by atoms with van der Waals surface area (Å²) < 4.78 is 5.49. The second kappa shape index (κ2) is 7.16. The van der Waals surface area contributed by atoms with Crippen molar-refractivity contribution in [3.8, 4) is 6.07 Å². The number of fused-ring (bicyclic) bond motifs is 2. The monoisotopic (exact) mass is 405 g/mol. The highest BCUT2D eigenvalue weighted by molar-refractivity contribution is 7.16. The smallest absolute Gasteiger partial charge is 0.261 e. The maximum absolute atomic E-state index is 12.9. The second-order valence-corrected chi connectivity index (χ2v) is 9.71. The third-order valence-corrected chi connectivity index (χ3v) is 6.92. The normalized spacial score (nSPS) is 16.3. The van der Waals surface area contributed by atoms with Gasteiger partial charge in [-0.05, 0) is 48.3 Å². The van der Waals surface area contributed by atoms with E-state index in [9.17, 15) is 10.1 Å². The van der Waals surface area contributed by atoms with Gasteiger partial charge in [-0.15, -0.1) is 11.3 Å². The number of rotatable bonds is 2. The molecule has 1 aromatic carbocycles. The Morgan fingerprint density at radius 2 is 2.10 bits per heavy atom. The van der Waals surface area contributed by atoms with Gasteiger partial charge in [-0.1, -0.05) is 39.0 Å². The number of nitriles is 1. The van der Waals surface area contributed by atoms with E-state index in [2.05, 4.69) is 32.2 Å². The lowest BCUT2D eigenvalue weighted by molar-refractivity contribution is 0.102. The van der Waals surface area contributed by atoms with Crippen LogP contribution in [0.25, 0.3) is 11.0 Å². The summed E-state index contributed by atoms with van der Waals surface area (Å²) in [7, 11) is 0. The third-order valence-electron chi connectivity index (χ3n) is 5.75. The number of carbonyl (C=O) groups is 1. The van der Waals surface area contributed by atoms with E-state index >= 15 is 0 Å². The predicted molar refractivity (Wildman–Crippen MR) is 114 cm³/mol. The first-order chi connectivity index (χ1) is 13.8. The molecular weight excluding hydrogens is 382 g/mol. The molecule has 29 heavy (non-hydrogen) atoms. The molecule has 1 unspecified atom stereocenters. The summed E-state index contributed by atoms with van der Waals surface area (Å²) in [5, 5.41) is 22.0. The van der Waals surface area contributed by atoms with E-state index < -0.39 is 5.91 Å². The second-order valence-electron chi connectivity index (χ2n) is 8.61. The van der Waals surface area contributed by atoms with Gasteiger partial charge in [0.25, 0.3) is 5.91 Å². The summed E-state index contributed by atoms with van der Waals surface area (Å²) in [6.45, 7) is 6.76. The van der Waals surface area contributed by atoms with Crippen LogP contribution in [0.15, 0.2) is 34.7 Å². The fourth-order valence-corrected chi connectivity index (χ4v) is 5.22. The van der Waals surface area contributed by atoms with E-state index in [1.807, 2.05) is 18.2 Å². The van der Waals surface area contributed by atoms with Crippen LogP contribution in [0.5, 0.6) is 0 Å². The quantitative estimate of drug-likeness (QED) is 0.610. The van der Waals surface area contributed by atoms with Gasteiger partial charge in [0.15, 0.2) is 0 Å². The standard InChI is InChI=1S/C23H23N3O2S/c1-23(2,3)14-8-9-15-17(12-24)22(29-19(15)11-14)26-21(27)16-10-13-6-4-5-7-18(13)28-20(16)25/h4-7,10,14,25H,8-9,11H2,1-3H3,(H,26,27). The minimum atomic E-state index is -0.424. The highest BCUT2D eigenvalue weighted by Gasteiger charge is 2.32. The predicted octanol–water partition coefficient (Wildman–Crippen LogP) is 5.25. The highest BCUT2D eigenvalue weighted by Crippen LogP contribution is 2.44. The van der Waals surface area contributed by atoms with Gasteiger partial charge in [-0.25, -0.2) is 0 Å². The van der Waals surface area contributed by atoms with E-state index in [4.69, 9.17) is 9.83 Å². The molecule has 4 rings (SSSR count). The molecule has 2 N–H and O–H groups in total. The van der Waals surface area contributed by atoms with Gasteiger partial charge in [0, 0.05) is 10.3 Å². The lowest BCUT2D eigenvalue weighted by Gasteiger charge is -2.33. The Labute approximate surface area is 173 Å². The number of hydrogen-bond acceptors (Lipinski definition) is 5. The molecule has 1 aliphatic rings. The fourth-order valence-electron chi connectivity index (χ4n) is 3.95. The summed E-state index contributed by atoms with van der Waals surface area (Å²) in [5.41, 5.74) is 2.38. The van der Waals surface area contributed by atoms with Crippen molar-refractivity contribution in [1.29, 1.82) is 10.7 Å². The molecule has 0 saturated heterocycles. The number of hydrogen-bond donors (Lipinski definition) is 2. The molecule has 2 heterocycles. The molecule has 0 aliphatic heterocycles. The molecule has 6 heteroatoms. The van der Waals surface area contributed by atoms with Gasteiger partial charge in [-0.3, -0.25) is 10.2 Å². The Morgan fingerprint density at radius 1 is 1.34 bits per heavy atom. The van der Waals surface area contributed by atoms with E-state index in [0.717, 1.165) is 30.2 Å². The SMILES string of the molecule is CC(C)(C)C1CCc2c(sc(NC(=O)c3cc4ccccc4oc3=N)c2C#N)C1. The first-order valence-electron chi connectivity index (χ1n) is 9.71. The molecule has 1 aliphatic carbocycles. The van der Waals surface area contributed by atoms with Crippen molar-refractivity contribution in [3.05, 3.63) is 57.5 Å². The zero-order chi connectivity index (χ0) is 20.8. The van der Waals surface area contributed by atoms with Gasteiger partial charge in [0.2, 0.25) is 5.55 Å². The lowest BCUT2D eigenvalue weighted by atomic mass is 9.72. The number of nitrogens with one attached hydrogen (secondary N) is 2. The molecule has 2 aromatic heterocycles. The first-order valence-corrected chi connectivity index (χ1v) is 10.5. The number of para-hydroxylation sites is 1. The largest absolute Gasteiger partial charge is 0.438 e. The molecule has 0 fully saturated rings. The molecule has 0 bridgehead atoms. The van der Waals surface area contributed by atoms with Crippen molar-refractivity contribution in [2.45, 2.75) is 40.0 Å². The molecule has 0 radical (unpaired) electrons.